The molecule has 1 saturated carbocycles. The van der Waals surface area contributed by atoms with Crippen LogP contribution in [0.2, 0.25) is 0 Å². The Balaban J connectivity index is 2.15. The summed E-state index contributed by atoms with van der Waals surface area (Å²) < 4.78 is 0. The molecular weight excluding hydrogens is 168 g/mol. The highest BCUT2D eigenvalue weighted by molar-refractivity contribution is 5.66. The van der Waals surface area contributed by atoms with E-state index in [4.69, 9.17) is 10.8 Å². The summed E-state index contributed by atoms with van der Waals surface area (Å²) in [6.07, 6.45) is 4.74. The molecule has 0 aliphatic heterocycles. The Hall–Kier alpha value is -0.610. The van der Waals surface area contributed by atoms with Crippen LogP contribution in [-0.2, 0) is 4.79 Å². The van der Waals surface area contributed by atoms with Crippen LogP contribution in [0, 0.1) is 0 Å². The molecule has 1 fully saturated rings. The first-order chi connectivity index (χ1) is 6.20. The van der Waals surface area contributed by atoms with Gasteiger partial charge in [0.15, 0.2) is 0 Å². The lowest BCUT2D eigenvalue weighted by molar-refractivity contribution is -0.136. The smallest absolute Gasteiger partial charge is 0.304 e. The van der Waals surface area contributed by atoms with Gasteiger partial charge in [-0.15, -0.1) is 0 Å². The standard InChI is InChI=1S/C9H18N2O2/c10-7-3-1-2-4-8(7)11-6-5-9(12)13/h7-8,11H,1-6,10H2,(H,12,13)/t7-,8-/m1/s1. The molecule has 2 atom stereocenters. The number of carboxylic acid groups (broad SMARTS) is 1. The molecule has 0 aromatic heterocycles. The average molecular weight is 186 g/mol. The number of carboxylic acids is 1. The van der Waals surface area contributed by atoms with Gasteiger partial charge in [0, 0.05) is 18.6 Å². The number of carbonyl (C=O) groups is 1. The van der Waals surface area contributed by atoms with Crippen molar-refractivity contribution in [2.75, 3.05) is 6.54 Å². The molecule has 1 aliphatic carbocycles. The summed E-state index contributed by atoms with van der Waals surface area (Å²) in [5.41, 5.74) is 5.89. The molecule has 4 heteroatoms. The lowest BCUT2D eigenvalue weighted by Gasteiger charge is -2.29. The highest BCUT2D eigenvalue weighted by Gasteiger charge is 2.20. The number of hydrogen-bond acceptors (Lipinski definition) is 3. The van der Waals surface area contributed by atoms with E-state index in [9.17, 15) is 4.79 Å². The van der Waals surface area contributed by atoms with Crippen LogP contribution in [0.25, 0.3) is 0 Å². The molecule has 0 radical (unpaired) electrons. The number of rotatable bonds is 4. The third kappa shape index (κ3) is 3.74. The average Bonchev–Trinajstić information content (AvgIpc) is 2.08. The Morgan fingerprint density at radius 2 is 2.15 bits per heavy atom. The molecule has 4 nitrogen and oxygen atoms in total. The number of aliphatic carboxylic acids is 1. The molecule has 1 rings (SSSR count). The molecule has 13 heavy (non-hydrogen) atoms. The van der Waals surface area contributed by atoms with Crippen molar-refractivity contribution >= 4 is 5.97 Å². The first-order valence-corrected chi connectivity index (χ1v) is 4.91. The van der Waals surface area contributed by atoms with Crippen LogP contribution >= 0.6 is 0 Å². The maximum atomic E-state index is 10.3. The van der Waals surface area contributed by atoms with Gasteiger partial charge in [0.1, 0.15) is 0 Å². The van der Waals surface area contributed by atoms with Gasteiger partial charge in [0.25, 0.3) is 0 Å². The van der Waals surface area contributed by atoms with E-state index >= 15 is 0 Å². The van der Waals surface area contributed by atoms with Gasteiger partial charge in [-0.1, -0.05) is 12.8 Å². The predicted octanol–water partition coefficient (Wildman–Crippen LogP) is 0.321. The van der Waals surface area contributed by atoms with E-state index < -0.39 is 5.97 Å². The van der Waals surface area contributed by atoms with E-state index in [0.717, 1.165) is 12.8 Å². The molecule has 0 spiro atoms. The molecule has 1 aliphatic rings. The van der Waals surface area contributed by atoms with Crippen LogP contribution in [0.1, 0.15) is 32.1 Å². The van der Waals surface area contributed by atoms with Gasteiger partial charge in [-0.25, -0.2) is 0 Å². The highest BCUT2D eigenvalue weighted by atomic mass is 16.4. The third-order valence-electron chi connectivity index (χ3n) is 2.56. The van der Waals surface area contributed by atoms with Crippen molar-refractivity contribution < 1.29 is 9.90 Å². The lowest BCUT2D eigenvalue weighted by Crippen LogP contribution is -2.47. The van der Waals surface area contributed by atoms with Crippen molar-refractivity contribution in [2.24, 2.45) is 5.73 Å². The Bertz CT molecular complexity index is 173. The molecule has 0 bridgehead atoms. The molecule has 0 amide bonds. The van der Waals surface area contributed by atoms with E-state index in [0.29, 0.717) is 12.6 Å². The molecule has 0 unspecified atom stereocenters. The molecule has 0 heterocycles. The quantitative estimate of drug-likeness (QED) is 0.591. The molecular formula is C9H18N2O2. The second-order valence-corrected chi connectivity index (χ2v) is 3.65. The summed E-state index contributed by atoms with van der Waals surface area (Å²) in [7, 11) is 0. The minimum absolute atomic E-state index is 0.184. The Morgan fingerprint density at radius 3 is 2.77 bits per heavy atom. The van der Waals surface area contributed by atoms with Crippen LogP contribution in [0.3, 0.4) is 0 Å². The molecule has 0 aromatic rings. The van der Waals surface area contributed by atoms with Crippen molar-refractivity contribution in [1.82, 2.24) is 5.32 Å². The van der Waals surface area contributed by atoms with Crippen LogP contribution < -0.4 is 11.1 Å². The van der Waals surface area contributed by atoms with Gasteiger partial charge in [0.2, 0.25) is 0 Å². The van der Waals surface area contributed by atoms with Crippen molar-refractivity contribution in [3.8, 4) is 0 Å². The Morgan fingerprint density at radius 1 is 1.46 bits per heavy atom. The fourth-order valence-electron chi connectivity index (χ4n) is 1.78. The van der Waals surface area contributed by atoms with Gasteiger partial charge < -0.3 is 16.2 Å². The summed E-state index contributed by atoms with van der Waals surface area (Å²) in [4.78, 5) is 10.3. The summed E-state index contributed by atoms with van der Waals surface area (Å²) in [5.74, 6) is -0.753. The summed E-state index contributed by atoms with van der Waals surface area (Å²) >= 11 is 0. The molecule has 0 saturated heterocycles. The largest absolute Gasteiger partial charge is 0.481 e. The van der Waals surface area contributed by atoms with Crippen molar-refractivity contribution in [3.63, 3.8) is 0 Å². The highest BCUT2D eigenvalue weighted by Crippen LogP contribution is 2.16. The zero-order valence-electron chi connectivity index (χ0n) is 7.83. The second-order valence-electron chi connectivity index (χ2n) is 3.65. The zero-order chi connectivity index (χ0) is 9.68. The monoisotopic (exact) mass is 186 g/mol. The van der Waals surface area contributed by atoms with Crippen molar-refractivity contribution in [2.45, 2.75) is 44.2 Å². The van der Waals surface area contributed by atoms with Crippen LogP contribution in [0.4, 0.5) is 0 Å². The van der Waals surface area contributed by atoms with Gasteiger partial charge in [-0.05, 0) is 12.8 Å². The number of hydrogen-bond donors (Lipinski definition) is 3. The maximum absolute atomic E-state index is 10.3. The third-order valence-corrected chi connectivity index (χ3v) is 2.56. The molecule has 76 valence electrons. The van der Waals surface area contributed by atoms with Crippen LogP contribution in [0.5, 0.6) is 0 Å². The normalized spacial score (nSPS) is 28.7. The summed E-state index contributed by atoms with van der Waals surface area (Å²) in [6, 6.07) is 0.538. The van der Waals surface area contributed by atoms with E-state index in [1.807, 2.05) is 0 Å². The Labute approximate surface area is 78.5 Å². The fourth-order valence-corrected chi connectivity index (χ4v) is 1.78. The molecule has 4 N–H and O–H groups in total. The van der Waals surface area contributed by atoms with Gasteiger partial charge in [-0.2, -0.15) is 0 Å². The van der Waals surface area contributed by atoms with Crippen molar-refractivity contribution in [3.05, 3.63) is 0 Å². The van der Waals surface area contributed by atoms with Crippen LogP contribution in [-0.4, -0.2) is 29.7 Å². The summed E-state index contributed by atoms with van der Waals surface area (Å²) in [6.45, 7) is 0.535. The first kappa shape index (κ1) is 10.5. The van der Waals surface area contributed by atoms with E-state index in [-0.39, 0.29) is 12.5 Å². The molecule has 0 aromatic carbocycles. The van der Waals surface area contributed by atoms with Gasteiger partial charge in [-0.3, -0.25) is 4.79 Å². The predicted molar refractivity (Wildman–Crippen MR) is 50.5 cm³/mol. The lowest BCUT2D eigenvalue weighted by atomic mass is 9.91. The SMILES string of the molecule is N[C@@H]1CCCC[C@H]1NCCC(=O)O. The number of nitrogens with one attached hydrogen (secondary N) is 1. The fraction of sp³-hybridized carbons (Fsp3) is 0.889. The topological polar surface area (TPSA) is 75.3 Å². The number of nitrogens with two attached hydrogens (primary N) is 1. The van der Waals surface area contributed by atoms with Crippen molar-refractivity contribution in [1.29, 1.82) is 0 Å². The van der Waals surface area contributed by atoms with E-state index in [1.165, 1.54) is 12.8 Å². The maximum Gasteiger partial charge on any atom is 0.304 e. The van der Waals surface area contributed by atoms with Gasteiger partial charge >= 0.3 is 5.97 Å². The summed E-state index contributed by atoms with van der Waals surface area (Å²) in [5, 5.41) is 11.6. The van der Waals surface area contributed by atoms with E-state index in [2.05, 4.69) is 5.32 Å². The van der Waals surface area contributed by atoms with Gasteiger partial charge in [0.05, 0.1) is 6.42 Å². The second kappa shape index (κ2) is 5.19. The zero-order valence-corrected chi connectivity index (χ0v) is 7.83. The Kier molecular flexibility index (Phi) is 4.18. The minimum Gasteiger partial charge on any atom is -0.481 e. The van der Waals surface area contributed by atoms with Crippen LogP contribution in [0.15, 0.2) is 0 Å². The first-order valence-electron chi connectivity index (χ1n) is 4.91. The van der Waals surface area contributed by atoms with E-state index in [1.54, 1.807) is 0 Å². The minimum atomic E-state index is -0.753.